The van der Waals surface area contributed by atoms with Gasteiger partial charge in [0.1, 0.15) is 0 Å². The van der Waals surface area contributed by atoms with Gasteiger partial charge in [-0.25, -0.2) is 5.48 Å². The van der Waals surface area contributed by atoms with Crippen molar-refractivity contribution in [2.75, 3.05) is 0 Å². The van der Waals surface area contributed by atoms with Crippen LogP contribution in [0.3, 0.4) is 0 Å². The zero-order valence-corrected chi connectivity index (χ0v) is 12.7. The quantitative estimate of drug-likeness (QED) is 0.661. The second-order valence-corrected chi connectivity index (χ2v) is 6.44. The molecular formula is C17H22N2O3. The number of hydrogen-bond acceptors (Lipinski definition) is 3. The summed E-state index contributed by atoms with van der Waals surface area (Å²) in [5.74, 6) is -0.151. The van der Waals surface area contributed by atoms with Gasteiger partial charge >= 0.3 is 0 Å². The van der Waals surface area contributed by atoms with Crippen LogP contribution in [0.15, 0.2) is 24.3 Å². The summed E-state index contributed by atoms with van der Waals surface area (Å²) < 4.78 is 0. The van der Waals surface area contributed by atoms with E-state index in [0.717, 1.165) is 36.8 Å². The SMILES string of the molecule is O=C(Cc1ccc(CN2C(=O)CCCC23CCC3)cc1)NO. The number of hydroxylamine groups is 1. The van der Waals surface area contributed by atoms with E-state index < -0.39 is 5.91 Å². The Balaban J connectivity index is 1.69. The number of likely N-dealkylation sites (tertiary alicyclic amines) is 1. The minimum Gasteiger partial charge on any atom is -0.333 e. The van der Waals surface area contributed by atoms with Crippen molar-refractivity contribution in [2.45, 2.75) is 57.0 Å². The second kappa shape index (κ2) is 6.08. The lowest BCUT2D eigenvalue weighted by molar-refractivity contribution is -0.148. The van der Waals surface area contributed by atoms with Gasteiger partial charge in [0.15, 0.2) is 0 Å². The maximum atomic E-state index is 12.3. The Morgan fingerprint density at radius 3 is 2.36 bits per heavy atom. The van der Waals surface area contributed by atoms with Gasteiger partial charge in [0, 0.05) is 18.5 Å². The lowest BCUT2D eigenvalue weighted by Crippen LogP contribution is -2.58. The topological polar surface area (TPSA) is 69.6 Å². The lowest BCUT2D eigenvalue weighted by Gasteiger charge is -2.53. The van der Waals surface area contributed by atoms with Crippen LogP contribution in [0.25, 0.3) is 0 Å². The summed E-state index contributed by atoms with van der Waals surface area (Å²) >= 11 is 0. The molecule has 0 unspecified atom stereocenters. The summed E-state index contributed by atoms with van der Waals surface area (Å²) in [6.45, 7) is 0.658. The molecule has 1 heterocycles. The van der Waals surface area contributed by atoms with Gasteiger partial charge in [-0.1, -0.05) is 24.3 Å². The predicted molar refractivity (Wildman–Crippen MR) is 81.1 cm³/mol. The van der Waals surface area contributed by atoms with Crippen LogP contribution in [0.1, 0.15) is 49.7 Å². The van der Waals surface area contributed by atoms with Gasteiger partial charge in [0.2, 0.25) is 11.8 Å². The fraction of sp³-hybridized carbons (Fsp3) is 0.529. The van der Waals surface area contributed by atoms with Gasteiger partial charge in [-0.15, -0.1) is 0 Å². The van der Waals surface area contributed by atoms with Gasteiger partial charge in [-0.3, -0.25) is 14.8 Å². The number of carbonyl (C=O) groups is 2. The van der Waals surface area contributed by atoms with E-state index in [2.05, 4.69) is 4.90 Å². The van der Waals surface area contributed by atoms with E-state index in [1.807, 2.05) is 24.3 Å². The molecule has 2 amide bonds. The van der Waals surface area contributed by atoms with Crippen LogP contribution < -0.4 is 5.48 Å². The molecule has 2 N–H and O–H groups in total. The summed E-state index contributed by atoms with van der Waals surface area (Å²) in [4.78, 5) is 25.5. The highest BCUT2D eigenvalue weighted by Crippen LogP contribution is 2.45. The molecule has 1 aliphatic heterocycles. The van der Waals surface area contributed by atoms with Crippen LogP contribution >= 0.6 is 0 Å². The number of carbonyl (C=O) groups excluding carboxylic acids is 2. The minimum atomic E-state index is -0.424. The van der Waals surface area contributed by atoms with E-state index in [1.165, 1.54) is 6.42 Å². The van der Waals surface area contributed by atoms with Gasteiger partial charge < -0.3 is 4.90 Å². The molecule has 5 heteroatoms. The Bertz CT molecular complexity index is 564. The number of piperidine rings is 1. The van der Waals surface area contributed by atoms with Crippen LogP contribution in [0.2, 0.25) is 0 Å². The standard InChI is InChI=1S/C17H22N2O3/c20-15(18-22)11-13-4-6-14(7-5-13)12-19-16(21)3-1-8-17(19)9-2-10-17/h4-7,22H,1-3,8-12H2,(H,18,20). The number of nitrogens with one attached hydrogen (secondary N) is 1. The van der Waals surface area contributed by atoms with Crippen molar-refractivity contribution in [3.8, 4) is 0 Å². The molecule has 2 fully saturated rings. The van der Waals surface area contributed by atoms with Crippen LogP contribution in [0.5, 0.6) is 0 Å². The van der Waals surface area contributed by atoms with E-state index in [1.54, 1.807) is 5.48 Å². The van der Waals surface area contributed by atoms with Gasteiger partial charge in [0.05, 0.1) is 6.42 Å². The molecular weight excluding hydrogens is 280 g/mol. The van der Waals surface area contributed by atoms with E-state index in [-0.39, 0.29) is 17.9 Å². The fourth-order valence-electron chi connectivity index (χ4n) is 3.63. The van der Waals surface area contributed by atoms with Crippen molar-refractivity contribution in [3.05, 3.63) is 35.4 Å². The highest BCUT2D eigenvalue weighted by molar-refractivity contribution is 5.78. The molecule has 0 radical (unpaired) electrons. The van der Waals surface area contributed by atoms with Crippen molar-refractivity contribution in [1.29, 1.82) is 0 Å². The third kappa shape index (κ3) is 2.86. The van der Waals surface area contributed by atoms with Crippen molar-refractivity contribution >= 4 is 11.8 Å². The van der Waals surface area contributed by atoms with Crippen molar-refractivity contribution in [1.82, 2.24) is 10.4 Å². The van der Waals surface area contributed by atoms with E-state index in [9.17, 15) is 9.59 Å². The third-order valence-corrected chi connectivity index (χ3v) is 5.04. The zero-order valence-electron chi connectivity index (χ0n) is 12.7. The molecule has 118 valence electrons. The number of amides is 2. The van der Waals surface area contributed by atoms with Gasteiger partial charge in [-0.05, 0) is 43.2 Å². The molecule has 1 aromatic carbocycles. The molecule has 1 aromatic rings. The van der Waals surface area contributed by atoms with Crippen molar-refractivity contribution in [2.24, 2.45) is 0 Å². The number of nitrogens with zero attached hydrogens (tertiary/aromatic N) is 1. The monoisotopic (exact) mass is 302 g/mol. The third-order valence-electron chi connectivity index (χ3n) is 5.04. The molecule has 3 rings (SSSR count). The van der Waals surface area contributed by atoms with Gasteiger partial charge in [0.25, 0.3) is 0 Å². The van der Waals surface area contributed by atoms with Crippen LogP contribution in [-0.2, 0) is 22.6 Å². The number of benzene rings is 1. The molecule has 1 aliphatic carbocycles. The highest BCUT2D eigenvalue weighted by atomic mass is 16.5. The largest absolute Gasteiger partial charge is 0.333 e. The Hall–Kier alpha value is -1.88. The average Bonchev–Trinajstić information content (AvgIpc) is 2.49. The maximum absolute atomic E-state index is 12.3. The molecule has 0 aromatic heterocycles. The Labute approximate surface area is 130 Å². The van der Waals surface area contributed by atoms with Crippen molar-refractivity contribution < 1.29 is 14.8 Å². The van der Waals surface area contributed by atoms with Crippen LogP contribution in [0.4, 0.5) is 0 Å². The minimum absolute atomic E-state index is 0.116. The van der Waals surface area contributed by atoms with E-state index in [0.29, 0.717) is 13.0 Å². The van der Waals surface area contributed by atoms with Crippen molar-refractivity contribution in [3.63, 3.8) is 0 Å². The number of rotatable bonds is 4. The summed E-state index contributed by atoms with van der Waals surface area (Å²) in [5, 5.41) is 8.54. The average molecular weight is 302 g/mol. The Morgan fingerprint density at radius 2 is 1.77 bits per heavy atom. The van der Waals surface area contributed by atoms with E-state index >= 15 is 0 Å². The fourth-order valence-corrected chi connectivity index (χ4v) is 3.63. The molecule has 2 aliphatic rings. The molecule has 0 atom stereocenters. The molecule has 22 heavy (non-hydrogen) atoms. The first-order valence-electron chi connectivity index (χ1n) is 7.94. The predicted octanol–water partition coefficient (Wildman–Crippen LogP) is 2.17. The molecule has 1 saturated heterocycles. The van der Waals surface area contributed by atoms with Crippen LogP contribution in [-0.4, -0.2) is 27.5 Å². The summed E-state index contributed by atoms with van der Waals surface area (Å²) in [5.41, 5.74) is 3.69. The molecule has 1 saturated carbocycles. The van der Waals surface area contributed by atoms with Crippen LogP contribution in [0, 0.1) is 0 Å². The highest BCUT2D eigenvalue weighted by Gasteiger charge is 2.46. The second-order valence-electron chi connectivity index (χ2n) is 6.44. The molecule has 1 spiro atoms. The number of hydrogen-bond donors (Lipinski definition) is 2. The summed E-state index contributed by atoms with van der Waals surface area (Å²) in [6, 6.07) is 7.70. The molecule has 5 nitrogen and oxygen atoms in total. The van der Waals surface area contributed by atoms with Gasteiger partial charge in [-0.2, -0.15) is 0 Å². The Morgan fingerprint density at radius 1 is 1.14 bits per heavy atom. The smallest absolute Gasteiger partial charge is 0.247 e. The lowest BCUT2D eigenvalue weighted by atomic mass is 9.70. The summed E-state index contributed by atoms with van der Waals surface area (Å²) in [6.07, 6.45) is 6.46. The Kier molecular flexibility index (Phi) is 4.16. The van der Waals surface area contributed by atoms with E-state index in [4.69, 9.17) is 5.21 Å². The zero-order chi connectivity index (χ0) is 15.6. The maximum Gasteiger partial charge on any atom is 0.247 e. The first-order chi connectivity index (χ1) is 10.6. The molecule has 0 bridgehead atoms. The summed E-state index contributed by atoms with van der Waals surface area (Å²) in [7, 11) is 0. The first kappa shape index (κ1) is 15.0. The normalized spacial score (nSPS) is 19.9. The first-order valence-corrected chi connectivity index (χ1v) is 7.94.